The third kappa shape index (κ3) is 4.48. The lowest BCUT2D eigenvalue weighted by atomic mass is 10.1. The summed E-state index contributed by atoms with van der Waals surface area (Å²) < 4.78 is 43.9. The van der Waals surface area contributed by atoms with E-state index in [0.717, 1.165) is 18.2 Å². The molecule has 0 aliphatic heterocycles. The Labute approximate surface area is 130 Å². The first-order chi connectivity index (χ1) is 10.9. The van der Waals surface area contributed by atoms with Gasteiger partial charge in [0.2, 0.25) is 5.91 Å². The Hall–Kier alpha value is -3.01. The number of carbonyl (C=O) groups is 1. The first kappa shape index (κ1) is 16.4. The third-order valence-electron chi connectivity index (χ3n) is 2.79. The molecule has 2 aromatic carbocycles. The van der Waals surface area contributed by atoms with Crippen LogP contribution < -0.4 is 10.1 Å². The molecular formula is C16H11F3N2O2. The summed E-state index contributed by atoms with van der Waals surface area (Å²) in [5.41, 5.74) is -1.07. The van der Waals surface area contributed by atoms with Crippen LogP contribution in [0.4, 0.5) is 18.9 Å². The van der Waals surface area contributed by atoms with Crippen molar-refractivity contribution in [2.24, 2.45) is 0 Å². The SMILES string of the molecule is N#CCC(=O)Nc1cc(C(F)(F)F)ccc1Oc1ccccc1. The van der Waals surface area contributed by atoms with Crippen molar-refractivity contribution in [3.8, 4) is 17.6 Å². The van der Waals surface area contributed by atoms with Crippen molar-refractivity contribution in [3.63, 3.8) is 0 Å². The maximum absolute atomic E-state index is 12.8. The van der Waals surface area contributed by atoms with Gasteiger partial charge in [-0.05, 0) is 30.3 Å². The van der Waals surface area contributed by atoms with Gasteiger partial charge >= 0.3 is 6.18 Å². The van der Waals surface area contributed by atoms with Gasteiger partial charge in [0.15, 0.2) is 5.75 Å². The highest BCUT2D eigenvalue weighted by Crippen LogP contribution is 2.36. The average Bonchev–Trinajstić information content (AvgIpc) is 2.49. The van der Waals surface area contributed by atoms with Crippen molar-refractivity contribution < 1.29 is 22.7 Å². The predicted octanol–water partition coefficient (Wildman–Crippen LogP) is 4.35. The highest BCUT2D eigenvalue weighted by molar-refractivity contribution is 5.93. The van der Waals surface area contributed by atoms with Crippen molar-refractivity contribution in [1.82, 2.24) is 0 Å². The first-order valence-corrected chi connectivity index (χ1v) is 6.51. The molecule has 23 heavy (non-hydrogen) atoms. The normalized spacial score (nSPS) is 10.7. The van der Waals surface area contributed by atoms with E-state index in [2.05, 4.69) is 5.32 Å². The van der Waals surface area contributed by atoms with Crippen LogP contribution in [0.5, 0.6) is 11.5 Å². The number of rotatable bonds is 4. The predicted molar refractivity (Wildman–Crippen MR) is 76.8 cm³/mol. The zero-order valence-corrected chi connectivity index (χ0v) is 11.7. The van der Waals surface area contributed by atoms with Crippen molar-refractivity contribution in [2.45, 2.75) is 12.6 Å². The van der Waals surface area contributed by atoms with Gasteiger partial charge in [0, 0.05) is 0 Å². The Bertz CT molecular complexity index is 737. The lowest BCUT2D eigenvalue weighted by Gasteiger charge is -2.14. The van der Waals surface area contributed by atoms with Gasteiger partial charge < -0.3 is 10.1 Å². The Morgan fingerprint density at radius 3 is 2.48 bits per heavy atom. The number of nitrogens with zero attached hydrogens (tertiary/aromatic N) is 1. The summed E-state index contributed by atoms with van der Waals surface area (Å²) in [5.74, 6) is -0.261. The van der Waals surface area contributed by atoms with Crippen molar-refractivity contribution in [3.05, 3.63) is 54.1 Å². The molecule has 0 saturated carbocycles. The fourth-order valence-electron chi connectivity index (χ4n) is 1.77. The molecule has 0 fully saturated rings. The highest BCUT2D eigenvalue weighted by atomic mass is 19.4. The second-order valence-electron chi connectivity index (χ2n) is 4.51. The number of anilines is 1. The maximum Gasteiger partial charge on any atom is 0.416 e. The molecule has 2 rings (SSSR count). The van der Waals surface area contributed by atoms with E-state index in [1.54, 1.807) is 36.4 Å². The van der Waals surface area contributed by atoms with Crippen molar-refractivity contribution in [2.75, 3.05) is 5.32 Å². The van der Waals surface area contributed by atoms with E-state index in [9.17, 15) is 18.0 Å². The standard InChI is InChI=1S/C16H11F3N2O2/c17-16(18,19)11-6-7-14(23-12-4-2-1-3-5-12)13(10-11)21-15(22)8-9-20/h1-7,10H,8H2,(H,21,22). The van der Waals surface area contributed by atoms with Crippen LogP contribution in [0.2, 0.25) is 0 Å². The molecule has 0 atom stereocenters. The monoisotopic (exact) mass is 320 g/mol. The quantitative estimate of drug-likeness (QED) is 0.911. The van der Waals surface area contributed by atoms with Crippen LogP contribution in [-0.4, -0.2) is 5.91 Å². The fraction of sp³-hybridized carbons (Fsp3) is 0.125. The van der Waals surface area contributed by atoms with E-state index in [1.807, 2.05) is 0 Å². The minimum Gasteiger partial charge on any atom is -0.455 e. The Morgan fingerprint density at radius 1 is 1.17 bits per heavy atom. The Morgan fingerprint density at radius 2 is 1.87 bits per heavy atom. The van der Waals surface area contributed by atoms with Crippen molar-refractivity contribution in [1.29, 1.82) is 5.26 Å². The van der Waals surface area contributed by atoms with Crippen molar-refractivity contribution >= 4 is 11.6 Å². The number of hydrogen-bond acceptors (Lipinski definition) is 3. The number of halogens is 3. The summed E-state index contributed by atoms with van der Waals surface area (Å²) in [6.07, 6.45) is -5.03. The van der Waals surface area contributed by atoms with Crippen LogP contribution in [0.25, 0.3) is 0 Å². The van der Waals surface area contributed by atoms with E-state index in [1.165, 1.54) is 0 Å². The molecule has 0 spiro atoms. The summed E-state index contributed by atoms with van der Waals surface area (Å²) in [6, 6.07) is 12.8. The molecule has 0 heterocycles. The van der Waals surface area contributed by atoms with Gasteiger partial charge in [-0.25, -0.2) is 0 Å². The van der Waals surface area contributed by atoms with E-state index < -0.39 is 24.1 Å². The molecule has 0 bridgehead atoms. The molecule has 0 saturated heterocycles. The van der Waals surface area contributed by atoms with Gasteiger partial charge in [0.05, 0.1) is 17.3 Å². The molecule has 1 N–H and O–H groups in total. The van der Waals surface area contributed by atoms with Gasteiger partial charge in [-0.2, -0.15) is 18.4 Å². The molecular weight excluding hydrogens is 309 g/mol. The van der Waals surface area contributed by atoms with Gasteiger partial charge in [0.1, 0.15) is 12.2 Å². The molecule has 118 valence electrons. The van der Waals surface area contributed by atoms with Gasteiger partial charge in [-0.3, -0.25) is 4.79 Å². The molecule has 0 aliphatic carbocycles. The molecule has 0 aliphatic rings. The smallest absolute Gasteiger partial charge is 0.416 e. The zero-order chi connectivity index (χ0) is 16.9. The number of hydrogen-bond donors (Lipinski definition) is 1. The number of nitrogens with one attached hydrogen (secondary N) is 1. The van der Waals surface area contributed by atoms with Crippen LogP contribution in [-0.2, 0) is 11.0 Å². The lowest BCUT2D eigenvalue weighted by Crippen LogP contribution is -2.13. The lowest BCUT2D eigenvalue weighted by molar-refractivity contribution is -0.137. The summed E-state index contributed by atoms with van der Waals surface area (Å²) >= 11 is 0. The number of carbonyl (C=O) groups excluding carboxylic acids is 1. The fourth-order valence-corrected chi connectivity index (χ4v) is 1.77. The van der Waals surface area contributed by atoms with E-state index in [4.69, 9.17) is 10.00 Å². The summed E-state index contributed by atoms with van der Waals surface area (Å²) in [6.45, 7) is 0. The molecule has 4 nitrogen and oxygen atoms in total. The largest absolute Gasteiger partial charge is 0.455 e. The topological polar surface area (TPSA) is 62.1 Å². The van der Waals surface area contributed by atoms with E-state index >= 15 is 0 Å². The maximum atomic E-state index is 12.8. The zero-order valence-electron chi connectivity index (χ0n) is 11.7. The number of amides is 1. The Kier molecular flexibility index (Phi) is 4.86. The number of alkyl halides is 3. The minimum atomic E-state index is -4.56. The van der Waals surface area contributed by atoms with Crippen LogP contribution in [0.1, 0.15) is 12.0 Å². The third-order valence-corrected chi connectivity index (χ3v) is 2.79. The molecule has 1 amide bonds. The second kappa shape index (κ2) is 6.83. The van der Waals surface area contributed by atoms with Crippen LogP contribution >= 0.6 is 0 Å². The van der Waals surface area contributed by atoms with E-state index in [-0.39, 0.29) is 11.4 Å². The van der Waals surface area contributed by atoms with Gasteiger partial charge in [0.25, 0.3) is 0 Å². The van der Waals surface area contributed by atoms with Crippen LogP contribution in [0.3, 0.4) is 0 Å². The highest BCUT2D eigenvalue weighted by Gasteiger charge is 2.31. The first-order valence-electron chi connectivity index (χ1n) is 6.51. The molecule has 2 aromatic rings. The van der Waals surface area contributed by atoms with Crippen LogP contribution in [0.15, 0.2) is 48.5 Å². The van der Waals surface area contributed by atoms with Gasteiger partial charge in [-0.15, -0.1) is 0 Å². The summed E-state index contributed by atoms with van der Waals surface area (Å²) in [5, 5.41) is 10.7. The van der Waals surface area contributed by atoms with E-state index in [0.29, 0.717) is 5.75 Å². The number of ether oxygens (including phenoxy) is 1. The van der Waals surface area contributed by atoms with Crippen LogP contribution in [0, 0.1) is 11.3 Å². The number of benzene rings is 2. The summed E-state index contributed by atoms with van der Waals surface area (Å²) in [4.78, 5) is 11.5. The average molecular weight is 320 g/mol. The molecule has 0 aromatic heterocycles. The van der Waals surface area contributed by atoms with Gasteiger partial charge in [-0.1, -0.05) is 18.2 Å². The number of para-hydroxylation sites is 1. The second-order valence-corrected chi connectivity index (χ2v) is 4.51. The molecule has 0 unspecified atom stereocenters. The molecule has 7 heteroatoms. The summed E-state index contributed by atoms with van der Waals surface area (Å²) in [7, 11) is 0. The molecule has 0 radical (unpaired) electrons. The minimum absolute atomic E-state index is 0.0514. The Balaban J connectivity index is 2.36. The number of nitriles is 1.